The summed E-state index contributed by atoms with van der Waals surface area (Å²) in [7, 11) is 2.90. The lowest BCUT2D eigenvalue weighted by Crippen LogP contribution is -2.39. The Balaban J connectivity index is 1.93. The van der Waals surface area contributed by atoms with Crippen molar-refractivity contribution in [3.8, 4) is 5.75 Å². The Morgan fingerprint density at radius 1 is 1.21 bits per heavy atom. The van der Waals surface area contributed by atoms with Gasteiger partial charge in [0.25, 0.3) is 5.56 Å². The third-order valence-corrected chi connectivity index (χ3v) is 4.43. The molecule has 7 nitrogen and oxygen atoms in total. The largest absolute Gasteiger partial charge is 0.492 e. The number of rotatable bonds is 2. The van der Waals surface area contributed by atoms with Crippen molar-refractivity contribution in [2.24, 2.45) is 14.1 Å². The molecule has 2 aromatic rings. The number of anilines is 1. The zero-order valence-electron chi connectivity index (χ0n) is 14.0. The zero-order chi connectivity index (χ0) is 17.6. The smallest absolute Gasteiger partial charge is 0.330 e. The number of aryl methyl sites for hydroxylation is 3. The molecule has 1 aromatic carbocycles. The van der Waals surface area contributed by atoms with E-state index >= 15 is 0 Å². The van der Waals surface area contributed by atoms with Crippen LogP contribution in [-0.2, 0) is 18.9 Å². The maximum Gasteiger partial charge on any atom is 0.330 e. The molecule has 0 saturated carbocycles. The SMILES string of the molecule is Cc1cc2c(cc1C)[C@@H](C(=O)Nc1cn(C)c(=O)n(C)c1=O)CO2. The molecule has 0 aliphatic carbocycles. The maximum atomic E-state index is 12.6. The average Bonchev–Trinajstić information content (AvgIpc) is 2.93. The highest BCUT2D eigenvalue weighted by atomic mass is 16.5. The van der Waals surface area contributed by atoms with Gasteiger partial charge in [0.2, 0.25) is 5.91 Å². The van der Waals surface area contributed by atoms with Gasteiger partial charge in [-0.15, -0.1) is 0 Å². The third kappa shape index (κ3) is 2.51. The molecule has 0 bridgehead atoms. The third-order valence-electron chi connectivity index (χ3n) is 4.43. The first-order valence-corrected chi connectivity index (χ1v) is 7.61. The van der Waals surface area contributed by atoms with Gasteiger partial charge in [0.1, 0.15) is 24.0 Å². The molecule has 0 saturated heterocycles. The molecule has 0 unspecified atom stereocenters. The van der Waals surface area contributed by atoms with Gasteiger partial charge < -0.3 is 14.6 Å². The van der Waals surface area contributed by atoms with Crippen molar-refractivity contribution in [3.63, 3.8) is 0 Å². The van der Waals surface area contributed by atoms with Gasteiger partial charge >= 0.3 is 5.69 Å². The highest BCUT2D eigenvalue weighted by molar-refractivity contribution is 5.96. The Morgan fingerprint density at radius 2 is 1.88 bits per heavy atom. The summed E-state index contributed by atoms with van der Waals surface area (Å²) in [6, 6.07) is 3.87. The van der Waals surface area contributed by atoms with Crippen LogP contribution in [0.5, 0.6) is 5.75 Å². The molecule has 1 amide bonds. The first kappa shape index (κ1) is 16.0. The average molecular weight is 329 g/mol. The maximum absolute atomic E-state index is 12.6. The van der Waals surface area contributed by atoms with Gasteiger partial charge in [-0.25, -0.2) is 4.79 Å². The van der Waals surface area contributed by atoms with Crippen LogP contribution in [0.1, 0.15) is 22.6 Å². The van der Waals surface area contributed by atoms with E-state index < -0.39 is 17.2 Å². The summed E-state index contributed by atoms with van der Waals surface area (Å²) in [6.45, 7) is 4.20. The number of hydrogen-bond donors (Lipinski definition) is 1. The van der Waals surface area contributed by atoms with Crippen molar-refractivity contribution in [2.75, 3.05) is 11.9 Å². The van der Waals surface area contributed by atoms with Crippen LogP contribution < -0.4 is 21.3 Å². The van der Waals surface area contributed by atoms with Crippen LogP contribution in [0.2, 0.25) is 0 Å². The monoisotopic (exact) mass is 329 g/mol. The molecule has 1 aliphatic heterocycles. The summed E-state index contributed by atoms with van der Waals surface area (Å²) < 4.78 is 7.82. The number of carbonyl (C=O) groups is 1. The minimum atomic E-state index is -0.536. The summed E-state index contributed by atoms with van der Waals surface area (Å²) in [6.07, 6.45) is 1.33. The predicted molar refractivity (Wildman–Crippen MR) is 89.7 cm³/mol. The van der Waals surface area contributed by atoms with Crippen molar-refractivity contribution in [1.82, 2.24) is 9.13 Å². The standard InChI is InChI=1S/C17H19N3O4/c1-9-5-11-12(8-24-14(11)6-10(9)2)15(21)18-13-7-19(3)17(23)20(4)16(13)22/h5-7,12H,8H2,1-4H3,(H,18,21)/t12-/m0/s1. The van der Waals surface area contributed by atoms with Gasteiger partial charge in [-0.05, 0) is 31.0 Å². The van der Waals surface area contributed by atoms with Crippen molar-refractivity contribution in [1.29, 1.82) is 0 Å². The summed E-state index contributed by atoms with van der Waals surface area (Å²) >= 11 is 0. The Bertz CT molecular complexity index is 956. The second-order valence-corrected chi connectivity index (χ2v) is 6.13. The van der Waals surface area contributed by atoms with Crippen LogP contribution in [0.3, 0.4) is 0 Å². The molecule has 7 heteroatoms. The van der Waals surface area contributed by atoms with Crippen LogP contribution in [0.4, 0.5) is 5.69 Å². The molecule has 0 fully saturated rings. The van der Waals surface area contributed by atoms with Gasteiger partial charge in [-0.3, -0.25) is 14.2 Å². The van der Waals surface area contributed by atoms with Gasteiger partial charge in [-0.2, -0.15) is 0 Å². The second kappa shape index (κ2) is 5.67. The first-order valence-electron chi connectivity index (χ1n) is 7.61. The lowest BCUT2D eigenvalue weighted by atomic mass is 9.96. The molecule has 1 N–H and O–H groups in total. The second-order valence-electron chi connectivity index (χ2n) is 6.13. The number of aromatic nitrogens is 2. The summed E-state index contributed by atoms with van der Waals surface area (Å²) in [5, 5.41) is 2.62. The Morgan fingerprint density at radius 3 is 2.58 bits per heavy atom. The van der Waals surface area contributed by atoms with E-state index in [2.05, 4.69) is 5.32 Å². The van der Waals surface area contributed by atoms with E-state index in [1.165, 1.54) is 24.9 Å². The van der Waals surface area contributed by atoms with E-state index in [9.17, 15) is 14.4 Å². The van der Waals surface area contributed by atoms with E-state index in [4.69, 9.17) is 4.74 Å². The molecule has 0 spiro atoms. The number of ether oxygens (including phenoxy) is 1. The van der Waals surface area contributed by atoms with E-state index in [0.717, 1.165) is 21.3 Å². The number of benzene rings is 1. The van der Waals surface area contributed by atoms with Crippen molar-refractivity contribution in [2.45, 2.75) is 19.8 Å². The number of fused-ring (bicyclic) bond motifs is 1. The minimum absolute atomic E-state index is 0.0712. The first-order chi connectivity index (χ1) is 11.3. The fraction of sp³-hybridized carbons (Fsp3) is 0.353. The molecule has 3 rings (SSSR count). The predicted octanol–water partition coefficient (Wildman–Crippen LogP) is 0.816. The fourth-order valence-electron chi connectivity index (χ4n) is 2.80. The van der Waals surface area contributed by atoms with E-state index in [1.807, 2.05) is 26.0 Å². The van der Waals surface area contributed by atoms with Crippen LogP contribution >= 0.6 is 0 Å². The van der Waals surface area contributed by atoms with E-state index in [0.29, 0.717) is 5.75 Å². The van der Waals surface area contributed by atoms with Crippen molar-refractivity contribution < 1.29 is 9.53 Å². The Hall–Kier alpha value is -2.83. The number of amides is 1. The number of nitrogens with zero attached hydrogens (tertiary/aromatic N) is 2. The molecule has 1 aliphatic rings. The normalized spacial score (nSPS) is 15.8. The highest BCUT2D eigenvalue weighted by Crippen LogP contribution is 2.36. The van der Waals surface area contributed by atoms with Crippen LogP contribution in [0.25, 0.3) is 0 Å². The van der Waals surface area contributed by atoms with Gasteiger partial charge in [-0.1, -0.05) is 6.07 Å². The fourth-order valence-corrected chi connectivity index (χ4v) is 2.80. The van der Waals surface area contributed by atoms with E-state index in [1.54, 1.807) is 0 Å². The van der Waals surface area contributed by atoms with Crippen LogP contribution in [0.15, 0.2) is 27.9 Å². The molecule has 126 valence electrons. The van der Waals surface area contributed by atoms with Gasteiger partial charge in [0.05, 0.1) is 0 Å². The number of carbonyl (C=O) groups excluding carboxylic acids is 1. The van der Waals surface area contributed by atoms with Crippen molar-refractivity contribution >= 4 is 11.6 Å². The molecule has 1 aromatic heterocycles. The number of hydrogen-bond acceptors (Lipinski definition) is 4. The summed E-state index contributed by atoms with van der Waals surface area (Å²) in [4.78, 5) is 36.5. The van der Waals surface area contributed by atoms with Crippen LogP contribution in [0, 0.1) is 13.8 Å². The summed E-state index contributed by atoms with van der Waals surface area (Å²) in [5.74, 6) is -0.111. The van der Waals surface area contributed by atoms with E-state index in [-0.39, 0.29) is 18.2 Å². The lowest BCUT2D eigenvalue weighted by molar-refractivity contribution is -0.117. The molecular weight excluding hydrogens is 310 g/mol. The lowest BCUT2D eigenvalue weighted by Gasteiger charge is -2.12. The topological polar surface area (TPSA) is 82.3 Å². The summed E-state index contributed by atoms with van der Waals surface area (Å²) in [5.41, 5.74) is 2.08. The minimum Gasteiger partial charge on any atom is -0.492 e. The Labute approximate surface area is 138 Å². The van der Waals surface area contributed by atoms with Gasteiger partial charge in [0.15, 0.2) is 0 Å². The molecule has 1 atom stereocenters. The van der Waals surface area contributed by atoms with Crippen LogP contribution in [-0.4, -0.2) is 21.6 Å². The highest BCUT2D eigenvalue weighted by Gasteiger charge is 2.31. The number of nitrogens with one attached hydrogen (secondary N) is 1. The molecular formula is C17H19N3O4. The Kier molecular flexibility index (Phi) is 3.79. The van der Waals surface area contributed by atoms with Gasteiger partial charge in [0, 0.05) is 25.9 Å². The van der Waals surface area contributed by atoms with Crippen molar-refractivity contribution in [3.05, 3.63) is 55.9 Å². The molecule has 24 heavy (non-hydrogen) atoms. The quantitative estimate of drug-likeness (QED) is 0.884. The zero-order valence-corrected chi connectivity index (χ0v) is 14.0. The molecule has 2 heterocycles. The molecule has 0 radical (unpaired) electrons.